The Labute approximate surface area is 125 Å². The van der Waals surface area contributed by atoms with Gasteiger partial charge in [-0.1, -0.05) is 20.8 Å². The predicted octanol–water partition coefficient (Wildman–Crippen LogP) is 3.58. The molecule has 0 bridgehead atoms. The van der Waals surface area contributed by atoms with Crippen molar-refractivity contribution in [3.8, 4) is 0 Å². The third-order valence-corrected chi connectivity index (χ3v) is 3.61. The quantitative estimate of drug-likeness (QED) is 0.827. The molecule has 3 nitrogen and oxygen atoms in total. The van der Waals surface area contributed by atoms with E-state index < -0.39 is 0 Å². The standard InChI is InChI=1S/C17H33N3/c1-8-15-11-16(20(7)19-15)10-14(9-13(2)3)12-18-17(4,5)6/h11,13-14,18H,8-10,12H2,1-7H3. The summed E-state index contributed by atoms with van der Waals surface area (Å²) in [5, 5.41) is 8.22. The number of rotatable bonds is 7. The van der Waals surface area contributed by atoms with E-state index in [0.29, 0.717) is 5.92 Å². The van der Waals surface area contributed by atoms with E-state index >= 15 is 0 Å². The van der Waals surface area contributed by atoms with Gasteiger partial charge in [-0.15, -0.1) is 0 Å². The molecule has 0 aliphatic rings. The van der Waals surface area contributed by atoms with Crippen LogP contribution in [-0.2, 0) is 19.9 Å². The van der Waals surface area contributed by atoms with E-state index in [0.717, 1.165) is 25.3 Å². The average molecular weight is 279 g/mol. The molecule has 1 unspecified atom stereocenters. The number of hydrogen-bond acceptors (Lipinski definition) is 2. The molecule has 1 aromatic rings. The van der Waals surface area contributed by atoms with Gasteiger partial charge in [0, 0.05) is 18.3 Å². The first kappa shape index (κ1) is 17.2. The second kappa shape index (κ2) is 7.26. The van der Waals surface area contributed by atoms with E-state index in [-0.39, 0.29) is 5.54 Å². The van der Waals surface area contributed by atoms with Gasteiger partial charge in [0.2, 0.25) is 0 Å². The fourth-order valence-electron chi connectivity index (χ4n) is 2.59. The first-order valence-corrected chi connectivity index (χ1v) is 7.98. The second-order valence-corrected chi connectivity index (χ2v) is 7.43. The molecule has 0 spiro atoms. The first-order valence-electron chi connectivity index (χ1n) is 7.98. The summed E-state index contributed by atoms with van der Waals surface area (Å²) in [6.45, 7) is 14.6. The van der Waals surface area contributed by atoms with Gasteiger partial charge in [-0.2, -0.15) is 5.10 Å². The Morgan fingerprint density at radius 3 is 2.40 bits per heavy atom. The lowest BCUT2D eigenvalue weighted by atomic mass is 9.91. The van der Waals surface area contributed by atoms with Crippen molar-refractivity contribution in [3.05, 3.63) is 17.5 Å². The maximum Gasteiger partial charge on any atom is 0.0624 e. The molecular formula is C17H33N3. The minimum Gasteiger partial charge on any atom is -0.312 e. The average Bonchev–Trinajstić information content (AvgIpc) is 2.65. The van der Waals surface area contributed by atoms with E-state index in [1.54, 1.807) is 0 Å². The fourth-order valence-corrected chi connectivity index (χ4v) is 2.59. The zero-order chi connectivity index (χ0) is 15.3. The molecule has 0 aliphatic carbocycles. The topological polar surface area (TPSA) is 29.9 Å². The van der Waals surface area contributed by atoms with Crippen LogP contribution in [0.5, 0.6) is 0 Å². The minimum absolute atomic E-state index is 0.191. The van der Waals surface area contributed by atoms with Crippen LogP contribution < -0.4 is 5.32 Å². The Bertz CT molecular complexity index is 399. The van der Waals surface area contributed by atoms with Crippen LogP contribution in [0.25, 0.3) is 0 Å². The van der Waals surface area contributed by atoms with Gasteiger partial charge in [-0.05, 0) is 64.5 Å². The van der Waals surface area contributed by atoms with Gasteiger partial charge >= 0.3 is 0 Å². The van der Waals surface area contributed by atoms with Crippen molar-refractivity contribution in [2.24, 2.45) is 18.9 Å². The van der Waals surface area contributed by atoms with Gasteiger partial charge < -0.3 is 5.32 Å². The molecule has 3 heteroatoms. The molecule has 0 fully saturated rings. The van der Waals surface area contributed by atoms with Crippen LogP contribution in [-0.4, -0.2) is 21.9 Å². The minimum atomic E-state index is 0.191. The molecule has 0 radical (unpaired) electrons. The highest BCUT2D eigenvalue weighted by molar-refractivity contribution is 5.11. The van der Waals surface area contributed by atoms with Gasteiger partial charge in [0.1, 0.15) is 0 Å². The lowest BCUT2D eigenvalue weighted by Crippen LogP contribution is -2.40. The zero-order valence-corrected chi connectivity index (χ0v) is 14.5. The van der Waals surface area contributed by atoms with Gasteiger partial charge in [-0.25, -0.2) is 0 Å². The number of nitrogens with zero attached hydrogens (tertiary/aromatic N) is 2. The van der Waals surface area contributed by atoms with Gasteiger partial charge in [0.15, 0.2) is 0 Å². The van der Waals surface area contributed by atoms with Crippen LogP contribution in [0.1, 0.15) is 59.4 Å². The Kier molecular flexibility index (Phi) is 6.25. The highest BCUT2D eigenvalue weighted by Gasteiger charge is 2.17. The maximum absolute atomic E-state index is 4.57. The summed E-state index contributed by atoms with van der Waals surface area (Å²) in [7, 11) is 2.07. The number of aryl methyl sites for hydroxylation is 2. The van der Waals surface area contributed by atoms with Crippen molar-refractivity contribution >= 4 is 0 Å². The molecule has 1 aromatic heterocycles. The fraction of sp³-hybridized carbons (Fsp3) is 0.824. The SMILES string of the molecule is CCc1cc(CC(CNC(C)(C)C)CC(C)C)n(C)n1. The van der Waals surface area contributed by atoms with Crippen LogP contribution in [0.4, 0.5) is 0 Å². The summed E-state index contributed by atoms with van der Waals surface area (Å²) in [6, 6.07) is 2.27. The van der Waals surface area contributed by atoms with Crippen molar-refractivity contribution < 1.29 is 0 Å². The van der Waals surface area contributed by atoms with Gasteiger partial charge in [-0.3, -0.25) is 4.68 Å². The highest BCUT2D eigenvalue weighted by atomic mass is 15.3. The van der Waals surface area contributed by atoms with E-state index in [1.807, 2.05) is 0 Å². The molecule has 0 amide bonds. The molecule has 20 heavy (non-hydrogen) atoms. The summed E-state index contributed by atoms with van der Waals surface area (Å²) in [5.41, 5.74) is 2.76. The second-order valence-electron chi connectivity index (χ2n) is 7.43. The zero-order valence-electron chi connectivity index (χ0n) is 14.5. The van der Waals surface area contributed by atoms with E-state index in [9.17, 15) is 0 Å². The first-order chi connectivity index (χ1) is 9.21. The van der Waals surface area contributed by atoms with Crippen molar-refractivity contribution in [2.75, 3.05) is 6.54 Å². The smallest absolute Gasteiger partial charge is 0.0624 e. The maximum atomic E-state index is 4.57. The molecule has 1 N–H and O–H groups in total. The van der Waals surface area contributed by atoms with E-state index in [1.165, 1.54) is 17.8 Å². The van der Waals surface area contributed by atoms with Crippen LogP contribution >= 0.6 is 0 Å². The molecule has 1 atom stereocenters. The molecule has 116 valence electrons. The van der Waals surface area contributed by atoms with Crippen molar-refractivity contribution in [1.82, 2.24) is 15.1 Å². The lowest BCUT2D eigenvalue weighted by molar-refractivity contribution is 0.327. The molecule has 0 aliphatic heterocycles. The predicted molar refractivity (Wildman–Crippen MR) is 87.0 cm³/mol. The molecule has 1 rings (SSSR count). The molecule has 0 saturated heterocycles. The molecule has 0 aromatic carbocycles. The van der Waals surface area contributed by atoms with Crippen molar-refractivity contribution in [1.29, 1.82) is 0 Å². The van der Waals surface area contributed by atoms with Crippen LogP contribution in [0.3, 0.4) is 0 Å². The summed E-state index contributed by atoms with van der Waals surface area (Å²) in [4.78, 5) is 0. The van der Waals surface area contributed by atoms with Crippen LogP contribution in [0, 0.1) is 11.8 Å². The summed E-state index contributed by atoms with van der Waals surface area (Å²) in [5.74, 6) is 1.41. The largest absolute Gasteiger partial charge is 0.312 e. The van der Waals surface area contributed by atoms with Gasteiger partial charge in [0.05, 0.1) is 5.69 Å². The Hall–Kier alpha value is -0.830. The molecule has 0 saturated carbocycles. The third-order valence-electron chi connectivity index (χ3n) is 3.61. The van der Waals surface area contributed by atoms with Crippen molar-refractivity contribution in [2.45, 2.75) is 66.3 Å². The van der Waals surface area contributed by atoms with Crippen LogP contribution in [0.15, 0.2) is 6.07 Å². The number of nitrogens with one attached hydrogen (secondary N) is 1. The highest BCUT2D eigenvalue weighted by Crippen LogP contribution is 2.18. The summed E-state index contributed by atoms with van der Waals surface area (Å²) in [6.07, 6.45) is 3.39. The van der Waals surface area contributed by atoms with Gasteiger partial charge in [0.25, 0.3) is 0 Å². The Balaban J connectivity index is 2.70. The summed E-state index contributed by atoms with van der Waals surface area (Å²) < 4.78 is 2.06. The van der Waals surface area contributed by atoms with E-state index in [2.05, 4.69) is 69.8 Å². The normalized spacial score (nSPS) is 14.0. The third kappa shape index (κ3) is 6.08. The molecular weight excluding hydrogens is 246 g/mol. The van der Waals surface area contributed by atoms with E-state index in [4.69, 9.17) is 0 Å². The number of hydrogen-bond donors (Lipinski definition) is 1. The summed E-state index contributed by atoms with van der Waals surface area (Å²) >= 11 is 0. The monoisotopic (exact) mass is 279 g/mol. The van der Waals surface area contributed by atoms with Crippen molar-refractivity contribution in [3.63, 3.8) is 0 Å². The van der Waals surface area contributed by atoms with Crippen LogP contribution in [0.2, 0.25) is 0 Å². The Morgan fingerprint density at radius 1 is 1.30 bits per heavy atom. The number of aromatic nitrogens is 2. The lowest BCUT2D eigenvalue weighted by Gasteiger charge is -2.26. The Morgan fingerprint density at radius 2 is 1.95 bits per heavy atom. The molecule has 1 heterocycles.